The third kappa shape index (κ3) is 3.47. The van der Waals surface area contributed by atoms with Crippen LogP contribution in [0.4, 0.5) is 0 Å². The summed E-state index contributed by atoms with van der Waals surface area (Å²) in [5, 5.41) is 21.3. The van der Waals surface area contributed by atoms with E-state index in [-0.39, 0.29) is 0 Å². The minimum atomic E-state index is -0.727. The van der Waals surface area contributed by atoms with Crippen molar-refractivity contribution in [1.29, 1.82) is 0 Å². The normalized spacial score (nSPS) is 17.8. The number of aryl methyl sites for hydroxylation is 3. The van der Waals surface area contributed by atoms with Crippen LogP contribution in [0.2, 0.25) is 0 Å². The Hall–Kier alpha value is -1.84. The number of likely N-dealkylation sites (tertiary alicyclic amines) is 1. The van der Waals surface area contributed by atoms with Gasteiger partial charge in [0, 0.05) is 25.2 Å². The quantitative estimate of drug-likeness (QED) is 0.902. The van der Waals surface area contributed by atoms with Gasteiger partial charge in [-0.3, -0.25) is 4.90 Å². The Balaban J connectivity index is 1.68. The number of phenolic OH excluding ortho intramolecular Hbond substituents is 1. The molecule has 0 aliphatic carbocycles. The number of aliphatic hydroxyl groups is 1. The van der Waals surface area contributed by atoms with Gasteiger partial charge in [-0.2, -0.15) is 0 Å². The zero-order chi connectivity index (χ0) is 17.3. The molecule has 1 aliphatic rings. The number of nitrogens with zero attached hydrogens (tertiary/aromatic N) is 1. The number of hydrogen-bond donors (Lipinski definition) is 2. The fourth-order valence-electron chi connectivity index (χ4n) is 3.64. The van der Waals surface area contributed by atoms with Gasteiger partial charge in [-0.25, -0.2) is 0 Å². The second-order valence-electron chi connectivity index (χ2n) is 7.26. The molecule has 0 saturated carbocycles. The molecular formula is C21H27NO2. The van der Waals surface area contributed by atoms with Crippen molar-refractivity contribution in [2.75, 3.05) is 13.1 Å². The van der Waals surface area contributed by atoms with Crippen molar-refractivity contribution in [3.8, 4) is 5.75 Å². The third-order valence-electron chi connectivity index (χ3n) is 5.19. The van der Waals surface area contributed by atoms with Crippen molar-refractivity contribution < 1.29 is 10.2 Å². The van der Waals surface area contributed by atoms with E-state index in [4.69, 9.17) is 0 Å². The molecule has 0 radical (unpaired) electrons. The van der Waals surface area contributed by atoms with Crippen molar-refractivity contribution in [2.45, 2.75) is 45.8 Å². The topological polar surface area (TPSA) is 43.7 Å². The van der Waals surface area contributed by atoms with E-state index in [1.54, 1.807) is 0 Å². The van der Waals surface area contributed by atoms with E-state index in [9.17, 15) is 10.2 Å². The molecule has 1 fully saturated rings. The number of piperidine rings is 1. The maximum Gasteiger partial charge on any atom is 0.122 e. The summed E-state index contributed by atoms with van der Waals surface area (Å²) < 4.78 is 0. The molecule has 0 bridgehead atoms. The summed E-state index contributed by atoms with van der Waals surface area (Å²) in [6.07, 6.45) is 1.45. The molecular weight excluding hydrogens is 298 g/mol. The Bertz CT molecular complexity index is 713. The van der Waals surface area contributed by atoms with Crippen molar-refractivity contribution in [2.24, 2.45) is 0 Å². The van der Waals surface area contributed by atoms with Gasteiger partial charge < -0.3 is 10.2 Å². The highest BCUT2D eigenvalue weighted by Gasteiger charge is 2.34. The molecule has 2 aromatic rings. The molecule has 0 amide bonds. The molecule has 24 heavy (non-hydrogen) atoms. The van der Waals surface area contributed by atoms with Crippen LogP contribution in [0, 0.1) is 20.8 Å². The first kappa shape index (κ1) is 17.0. The molecule has 3 heteroatoms. The monoisotopic (exact) mass is 325 g/mol. The predicted molar refractivity (Wildman–Crippen MR) is 97.2 cm³/mol. The Labute approximate surface area is 144 Å². The molecule has 3 rings (SSSR count). The highest BCUT2D eigenvalue weighted by atomic mass is 16.3. The zero-order valence-electron chi connectivity index (χ0n) is 14.8. The SMILES string of the molecule is Cc1ccc(C2(O)CCN(Cc3cc(C)cc(C)c3O)CC2)cc1. The van der Waals surface area contributed by atoms with E-state index in [1.807, 2.05) is 25.1 Å². The fraction of sp³-hybridized carbons (Fsp3) is 0.429. The summed E-state index contributed by atoms with van der Waals surface area (Å²) in [7, 11) is 0. The van der Waals surface area contributed by atoms with Gasteiger partial charge in [0.2, 0.25) is 0 Å². The van der Waals surface area contributed by atoms with E-state index in [0.29, 0.717) is 5.75 Å². The van der Waals surface area contributed by atoms with Crippen LogP contribution in [-0.4, -0.2) is 28.2 Å². The van der Waals surface area contributed by atoms with Crippen LogP contribution in [-0.2, 0) is 12.1 Å². The first-order valence-corrected chi connectivity index (χ1v) is 8.68. The molecule has 1 aliphatic heterocycles. The van der Waals surface area contributed by atoms with Crippen LogP contribution in [0.5, 0.6) is 5.75 Å². The smallest absolute Gasteiger partial charge is 0.122 e. The van der Waals surface area contributed by atoms with E-state index in [1.165, 1.54) is 11.1 Å². The summed E-state index contributed by atoms with van der Waals surface area (Å²) in [5.74, 6) is 0.403. The average molecular weight is 325 g/mol. The maximum absolute atomic E-state index is 11.0. The third-order valence-corrected chi connectivity index (χ3v) is 5.19. The van der Waals surface area contributed by atoms with E-state index < -0.39 is 5.60 Å². The van der Waals surface area contributed by atoms with Crippen LogP contribution < -0.4 is 0 Å². The highest BCUT2D eigenvalue weighted by Crippen LogP contribution is 2.34. The number of benzene rings is 2. The fourth-order valence-corrected chi connectivity index (χ4v) is 3.64. The zero-order valence-corrected chi connectivity index (χ0v) is 14.8. The standard InChI is InChI=1S/C21H27NO2/c1-15-4-6-19(7-5-15)21(24)8-10-22(11-9-21)14-18-13-16(2)12-17(3)20(18)23/h4-7,12-13,23-24H,8-11,14H2,1-3H3. The van der Waals surface area contributed by atoms with Crippen LogP contribution in [0.1, 0.15) is 40.7 Å². The van der Waals surface area contributed by atoms with Crippen LogP contribution in [0.25, 0.3) is 0 Å². The lowest BCUT2D eigenvalue weighted by Crippen LogP contribution is -2.42. The first-order valence-electron chi connectivity index (χ1n) is 8.68. The average Bonchev–Trinajstić information content (AvgIpc) is 2.55. The van der Waals surface area contributed by atoms with Gasteiger partial charge in [-0.1, -0.05) is 47.5 Å². The van der Waals surface area contributed by atoms with Gasteiger partial charge in [0.05, 0.1) is 5.60 Å². The molecule has 3 nitrogen and oxygen atoms in total. The van der Waals surface area contributed by atoms with E-state index in [0.717, 1.165) is 49.2 Å². The predicted octanol–water partition coefficient (Wildman–Crippen LogP) is 3.80. The molecule has 0 unspecified atom stereocenters. The second-order valence-corrected chi connectivity index (χ2v) is 7.26. The van der Waals surface area contributed by atoms with Crippen molar-refractivity contribution >= 4 is 0 Å². The molecule has 1 saturated heterocycles. The molecule has 2 N–H and O–H groups in total. The van der Waals surface area contributed by atoms with Crippen molar-refractivity contribution in [1.82, 2.24) is 4.90 Å². The summed E-state index contributed by atoms with van der Waals surface area (Å²) in [6, 6.07) is 12.3. The molecule has 1 heterocycles. The van der Waals surface area contributed by atoms with Crippen LogP contribution >= 0.6 is 0 Å². The van der Waals surface area contributed by atoms with E-state index in [2.05, 4.69) is 36.9 Å². The lowest BCUT2D eigenvalue weighted by molar-refractivity contribution is -0.0278. The highest BCUT2D eigenvalue weighted by molar-refractivity contribution is 5.42. The van der Waals surface area contributed by atoms with Crippen molar-refractivity contribution in [3.63, 3.8) is 0 Å². The first-order chi connectivity index (χ1) is 11.4. The summed E-state index contributed by atoms with van der Waals surface area (Å²) in [4.78, 5) is 2.32. The van der Waals surface area contributed by atoms with Gasteiger partial charge in [0.1, 0.15) is 5.75 Å². The van der Waals surface area contributed by atoms with Crippen LogP contribution in [0.15, 0.2) is 36.4 Å². The number of aromatic hydroxyl groups is 1. The molecule has 0 spiro atoms. The minimum Gasteiger partial charge on any atom is -0.507 e. The Kier molecular flexibility index (Phi) is 4.66. The largest absolute Gasteiger partial charge is 0.507 e. The molecule has 0 aromatic heterocycles. The van der Waals surface area contributed by atoms with Gasteiger partial charge >= 0.3 is 0 Å². The van der Waals surface area contributed by atoms with Crippen LogP contribution in [0.3, 0.4) is 0 Å². The van der Waals surface area contributed by atoms with Gasteiger partial charge in [-0.05, 0) is 44.7 Å². The summed E-state index contributed by atoms with van der Waals surface area (Å²) in [5.41, 5.74) is 4.58. The lowest BCUT2D eigenvalue weighted by atomic mass is 9.84. The van der Waals surface area contributed by atoms with Gasteiger partial charge in [-0.15, -0.1) is 0 Å². The maximum atomic E-state index is 11.0. The molecule has 2 aromatic carbocycles. The van der Waals surface area contributed by atoms with Gasteiger partial charge in [0.25, 0.3) is 0 Å². The van der Waals surface area contributed by atoms with Crippen molar-refractivity contribution in [3.05, 3.63) is 64.2 Å². The van der Waals surface area contributed by atoms with E-state index >= 15 is 0 Å². The number of phenols is 1. The Morgan fingerprint density at radius 2 is 1.58 bits per heavy atom. The number of rotatable bonds is 3. The second kappa shape index (κ2) is 6.58. The molecule has 0 atom stereocenters. The lowest BCUT2D eigenvalue weighted by Gasteiger charge is -2.38. The number of hydrogen-bond acceptors (Lipinski definition) is 3. The minimum absolute atomic E-state index is 0.403. The Morgan fingerprint density at radius 1 is 0.958 bits per heavy atom. The summed E-state index contributed by atoms with van der Waals surface area (Å²) >= 11 is 0. The molecule has 128 valence electrons. The van der Waals surface area contributed by atoms with Gasteiger partial charge in [0.15, 0.2) is 0 Å². The Morgan fingerprint density at radius 3 is 2.21 bits per heavy atom. The summed E-state index contributed by atoms with van der Waals surface area (Å²) in [6.45, 7) is 8.46.